The zero-order chi connectivity index (χ0) is 8.72. The Morgan fingerprint density at radius 2 is 2.33 bits per heavy atom. The third-order valence-electron chi connectivity index (χ3n) is 1.86. The summed E-state index contributed by atoms with van der Waals surface area (Å²) in [6, 6.07) is 1.47. The lowest BCUT2D eigenvalue weighted by atomic mass is 10.2. The van der Waals surface area contributed by atoms with E-state index >= 15 is 0 Å². The van der Waals surface area contributed by atoms with Gasteiger partial charge in [0.25, 0.3) is 0 Å². The van der Waals surface area contributed by atoms with Crippen LogP contribution in [0.25, 0.3) is 10.9 Å². The summed E-state index contributed by atoms with van der Waals surface area (Å²) in [7, 11) is 0. The summed E-state index contributed by atoms with van der Waals surface area (Å²) >= 11 is 2.12. The van der Waals surface area contributed by atoms with Crippen molar-refractivity contribution in [1.29, 1.82) is 0 Å². The summed E-state index contributed by atoms with van der Waals surface area (Å²) < 4.78 is 14.1. The van der Waals surface area contributed by atoms with Crippen LogP contribution in [0.5, 0.6) is 0 Å². The highest BCUT2D eigenvalue weighted by atomic mass is 127. The van der Waals surface area contributed by atoms with Crippen LogP contribution in [0.2, 0.25) is 0 Å². The first-order valence-corrected chi connectivity index (χ1v) is 4.55. The zero-order valence-corrected chi connectivity index (χ0v) is 8.52. The summed E-state index contributed by atoms with van der Waals surface area (Å²) in [6.07, 6.45) is 1.71. The van der Waals surface area contributed by atoms with Gasteiger partial charge in [-0.25, -0.2) is 4.39 Å². The molecule has 2 rings (SSSR count). The Morgan fingerprint density at radius 1 is 1.58 bits per heavy atom. The minimum atomic E-state index is -0.184. The van der Waals surface area contributed by atoms with E-state index in [-0.39, 0.29) is 5.82 Å². The second-order valence-electron chi connectivity index (χ2n) is 2.63. The molecular weight excluding hydrogens is 270 g/mol. The molecule has 1 aromatic carbocycles. The fourth-order valence-electron chi connectivity index (χ4n) is 1.12. The van der Waals surface area contributed by atoms with E-state index < -0.39 is 0 Å². The van der Waals surface area contributed by atoms with Crippen molar-refractivity contribution in [1.82, 2.24) is 10.2 Å². The minimum absolute atomic E-state index is 0.184. The number of nitrogens with zero attached hydrogens (tertiary/aromatic N) is 1. The van der Waals surface area contributed by atoms with Crippen molar-refractivity contribution < 1.29 is 4.39 Å². The Balaban J connectivity index is 2.94. The molecule has 62 valence electrons. The molecule has 0 fully saturated rings. The third-order valence-corrected chi connectivity index (χ3v) is 3.25. The third kappa shape index (κ3) is 1.01. The van der Waals surface area contributed by atoms with E-state index in [1.54, 1.807) is 13.1 Å². The van der Waals surface area contributed by atoms with Crippen LogP contribution in [0.1, 0.15) is 5.56 Å². The number of nitrogens with one attached hydrogen (secondary N) is 1. The van der Waals surface area contributed by atoms with E-state index in [0.29, 0.717) is 5.56 Å². The molecule has 0 aliphatic carbocycles. The maximum atomic E-state index is 13.1. The molecule has 0 unspecified atom stereocenters. The lowest BCUT2D eigenvalue weighted by Crippen LogP contribution is -1.87. The molecule has 1 aromatic heterocycles. The quantitative estimate of drug-likeness (QED) is 0.736. The molecule has 0 spiro atoms. The number of hydrogen-bond donors (Lipinski definition) is 1. The van der Waals surface area contributed by atoms with Gasteiger partial charge in [0.05, 0.1) is 11.7 Å². The molecule has 0 atom stereocenters. The second kappa shape index (κ2) is 2.69. The van der Waals surface area contributed by atoms with Gasteiger partial charge in [-0.3, -0.25) is 5.10 Å². The molecule has 0 bridgehead atoms. The number of hydrogen-bond acceptors (Lipinski definition) is 1. The SMILES string of the molecule is Cc1c(F)cc2[nH]ncc2c1I. The molecule has 1 N–H and O–H groups in total. The Kier molecular flexibility index (Phi) is 1.79. The second-order valence-corrected chi connectivity index (χ2v) is 3.71. The van der Waals surface area contributed by atoms with Crippen molar-refractivity contribution in [3.05, 3.63) is 27.2 Å². The molecule has 12 heavy (non-hydrogen) atoms. The number of aromatic nitrogens is 2. The first-order valence-electron chi connectivity index (χ1n) is 3.48. The number of H-pyrrole nitrogens is 1. The van der Waals surface area contributed by atoms with Crippen LogP contribution in [0.4, 0.5) is 4.39 Å². The highest BCUT2D eigenvalue weighted by Gasteiger charge is 2.08. The Morgan fingerprint density at radius 3 is 3.08 bits per heavy atom. The fraction of sp³-hybridized carbons (Fsp3) is 0.125. The first kappa shape index (κ1) is 7.97. The van der Waals surface area contributed by atoms with Crippen LogP contribution in [0.15, 0.2) is 12.3 Å². The van der Waals surface area contributed by atoms with Crippen LogP contribution >= 0.6 is 22.6 Å². The maximum absolute atomic E-state index is 13.1. The lowest BCUT2D eigenvalue weighted by Gasteiger charge is -2.00. The van der Waals surface area contributed by atoms with E-state index in [2.05, 4.69) is 32.8 Å². The topological polar surface area (TPSA) is 28.7 Å². The van der Waals surface area contributed by atoms with Crippen molar-refractivity contribution in [3.63, 3.8) is 0 Å². The Hall–Kier alpha value is -0.650. The summed E-state index contributed by atoms with van der Waals surface area (Å²) in [5, 5.41) is 7.56. The van der Waals surface area contributed by atoms with Gasteiger partial charge in [0, 0.05) is 8.96 Å². The van der Waals surface area contributed by atoms with E-state index in [1.165, 1.54) is 6.07 Å². The van der Waals surface area contributed by atoms with Gasteiger partial charge in [-0.1, -0.05) is 0 Å². The standard InChI is InChI=1S/C8H6FIN2/c1-4-6(9)2-7-5(8(4)10)3-11-12-7/h2-3H,1H3,(H,11,12). The summed E-state index contributed by atoms with van der Waals surface area (Å²) in [6.45, 7) is 1.77. The van der Waals surface area contributed by atoms with E-state index in [0.717, 1.165) is 14.5 Å². The maximum Gasteiger partial charge on any atom is 0.129 e. The molecule has 0 saturated carbocycles. The number of fused-ring (bicyclic) bond motifs is 1. The van der Waals surface area contributed by atoms with E-state index in [9.17, 15) is 4.39 Å². The molecule has 2 aromatic rings. The summed E-state index contributed by atoms with van der Waals surface area (Å²) in [5.74, 6) is -0.184. The molecule has 0 amide bonds. The van der Waals surface area contributed by atoms with Crippen molar-refractivity contribution >= 4 is 33.5 Å². The predicted molar refractivity (Wildman–Crippen MR) is 53.5 cm³/mol. The highest BCUT2D eigenvalue weighted by molar-refractivity contribution is 14.1. The minimum Gasteiger partial charge on any atom is -0.278 e. The molecule has 4 heteroatoms. The van der Waals surface area contributed by atoms with Gasteiger partial charge < -0.3 is 0 Å². The summed E-state index contributed by atoms with van der Waals surface area (Å²) in [4.78, 5) is 0. The number of benzene rings is 1. The fourth-order valence-corrected chi connectivity index (χ4v) is 1.81. The molecular formula is C8H6FIN2. The Labute approximate surface area is 82.3 Å². The smallest absolute Gasteiger partial charge is 0.129 e. The van der Waals surface area contributed by atoms with Crippen molar-refractivity contribution in [3.8, 4) is 0 Å². The summed E-state index contributed by atoms with van der Waals surface area (Å²) in [5.41, 5.74) is 1.44. The van der Waals surface area contributed by atoms with Crippen LogP contribution in [-0.4, -0.2) is 10.2 Å². The van der Waals surface area contributed by atoms with Crippen molar-refractivity contribution in [2.75, 3.05) is 0 Å². The van der Waals surface area contributed by atoms with Crippen molar-refractivity contribution in [2.45, 2.75) is 6.92 Å². The zero-order valence-electron chi connectivity index (χ0n) is 6.36. The van der Waals surface area contributed by atoms with Gasteiger partial charge in [-0.2, -0.15) is 5.10 Å². The van der Waals surface area contributed by atoms with Crippen LogP contribution in [0.3, 0.4) is 0 Å². The van der Waals surface area contributed by atoms with Crippen molar-refractivity contribution in [2.24, 2.45) is 0 Å². The average Bonchev–Trinajstić information content (AvgIpc) is 2.48. The lowest BCUT2D eigenvalue weighted by molar-refractivity contribution is 0.619. The number of halogens is 2. The van der Waals surface area contributed by atoms with Gasteiger partial charge in [0.2, 0.25) is 0 Å². The van der Waals surface area contributed by atoms with Gasteiger partial charge >= 0.3 is 0 Å². The highest BCUT2D eigenvalue weighted by Crippen LogP contribution is 2.24. The van der Waals surface area contributed by atoms with Gasteiger partial charge in [0.1, 0.15) is 5.82 Å². The van der Waals surface area contributed by atoms with Crippen LogP contribution in [0, 0.1) is 16.3 Å². The Bertz CT molecular complexity index is 436. The molecule has 1 heterocycles. The van der Waals surface area contributed by atoms with Gasteiger partial charge in [-0.05, 0) is 41.1 Å². The van der Waals surface area contributed by atoms with E-state index in [1.807, 2.05) is 0 Å². The van der Waals surface area contributed by atoms with Gasteiger partial charge in [0.15, 0.2) is 0 Å². The largest absolute Gasteiger partial charge is 0.278 e. The molecule has 0 aliphatic rings. The number of aromatic amines is 1. The molecule has 0 saturated heterocycles. The normalized spacial score (nSPS) is 10.9. The molecule has 0 radical (unpaired) electrons. The predicted octanol–water partition coefficient (Wildman–Crippen LogP) is 2.62. The van der Waals surface area contributed by atoms with E-state index in [4.69, 9.17) is 0 Å². The monoisotopic (exact) mass is 276 g/mol. The van der Waals surface area contributed by atoms with Gasteiger partial charge in [-0.15, -0.1) is 0 Å². The van der Waals surface area contributed by atoms with Crippen LogP contribution in [-0.2, 0) is 0 Å². The number of rotatable bonds is 0. The first-order chi connectivity index (χ1) is 5.70. The molecule has 2 nitrogen and oxygen atoms in total. The molecule has 0 aliphatic heterocycles. The average molecular weight is 276 g/mol. The van der Waals surface area contributed by atoms with Crippen LogP contribution < -0.4 is 0 Å².